The zero-order chi connectivity index (χ0) is 23.6. The molecule has 2 N–H and O–H groups in total. The molecule has 4 aromatic rings. The lowest BCUT2D eigenvalue weighted by molar-refractivity contribution is -0.137. The van der Waals surface area contributed by atoms with Crippen LogP contribution in [0.5, 0.6) is 17.2 Å². The van der Waals surface area contributed by atoms with Gasteiger partial charge in [0.05, 0.1) is 19.8 Å². The number of hydrogen-bond donors (Lipinski definition) is 2. The van der Waals surface area contributed by atoms with Crippen molar-refractivity contribution in [2.75, 3.05) is 19.5 Å². The molecular weight excluding hydrogens is 463 g/mol. The molecule has 0 bridgehead atoms. The van der Waals surface area contributed by atoms with Gasteiger partial charge in [0.1, 0.15) is 11.5 Å². The van der Waals surface area contributed by atoms with Crippen molar-refractivity contribution in [2.45, 2.75) is 12.8 Å². The van der Waals surface area contributed by atoms with E-state index in [2.05, 4.69) is 25.9 Å². The van der Waals surface area contributed by atoms with E-state index in [-0.39, 0.29) is 28.7 Å². The average molecular weight is 479 g/mol. The average Bonchev–Trinajstić information content (AvgIpc) is 3.43. The first kappa shape index (κ1) is 22.3. The lowest BCUT2D eigenvalue weighted by Gasteiger charge is -2.11. The van der Waals surface area contributed by atoms with Crippen LogP contribution in [0.25, 0.3) is 10.1 Å². The third kappa shape index (κ3) is 4.67. The Balaban J connectivity index is 1.73. The number of amides is 1. The lowest BCUT2D eigenvalue weighted by Crippen LogP contribution is -2.13. The van der Waals surface area contributed by atoms with Gasteiger partial charge in [-0.05, 0) is 29.0 Å². The summed E-state index contributed by atoms with van der Waals surface area (Å²) in [6, 6.07) is 8.09. The molecule has 0 aliphatic carbocycles. The second-order valence-corrected chi connectivity index (χ2v) is 7.69. The largest absolute Gasteiger partial charge is 0.493 e. The normalized spacial score (nSPS) is 11.4. The van der Waals surface area contributed by atoms with Gasteiger partial charge in [0, 0.05) is 16.2 Å². The molecule has 2 aromatic carbocycles. The Morgan fingerprint density at radius 3 is 2.58 bits per heavy atom. The van der Waals surface area contributed by atoms with Gasteiger partial charge in [-0.15, -0.1) is 16.4 Å². The number of H-pyrrole nitrogens is 1. The van der Waals surface area contributed by atoms with Crippen LogP contribution in [0.2, 0.25) is 0 Å². The highest BCUT2D eigenvalue weighted by atomic mass is 32.1. The number of ether oxygens (including phenoxy) is 3. The zero-order valence-corrected chi connectivity index (χ0v) is 18.0. The van der Waals surface area contributed by atoms with E-state index in [0.29, 0.717) is 21.6 Å². The van der Waals surface area contributed by atoms with Crippen LogP contribution in [-0.2, 0) is 12.8 Å². The number of aromatic nitrogens is 4. The molecule has 0 unspecified atom stereocenters. The summed E-state index contributed by atoms with van der Waals surface area (Å²) in [7, 11) is 2.94. The van der Waals surface area contributed by atoms with Crippen LogP contribution in [0.15, 0.2) is 36.4 Å². The van der Waals surface area contributed by atoms with E-state index in [1.807, 2.05) is 0 Å². The van der Waals surface area contributed by atoms with Crippen molar-refractivity contribution in [3.8, 4) is 17.2 Å². The Bertz CT molecular complexity index is 1290. The van der Waals surface area contributed by atoms with Gasteiger partial charge in [-0.1, -0.05) is 17.2 Å². The molecular formula is C20H16F3N5O4S. The number of rotatable bonds is 7. The Hall–Kier alpha value is -3.87. The number of halogens is 3. The van der Waals surface area contributed by atoms with Crippen LogP contribution < -0.4 is 19.5 Å². The lowest BCUT2D eigenvalue weighted by atomic mass is 10.1. The maximum absolute atomic E-state index is 13.1. The highest BCUT2D eigenvalue weighted by molar-refractivity contribution is 7.21. The number of hydrogen-bond acceptors (Lipinski definition) is 8. The molecule has 0 atom stereocenters. The zero-order valence-electron chi connectivity index (χ0n) is 17.2. The summed E-state index contributed by atoms with van der Waals surface area (Å²) in [5.74, 6) is 0.401. The molecule has 0 radical (unpaired) electrons. The summed E-state index contributed by atoms with van der Waals surface area (Å²) in [4.78, 5) is 13.1. The molecule has 9 nitrogen and oxygen atoms in total. The van der Waals surface area contributed by atoms with Crippen molar-refractivity contribution in [2.24, 2.45) is 0 Å². The number of alkyl halides is 3. The summed E-state index contributed by atoms with van der Waals surface area (Å²) in [5, 5.41) is 16.0. The van der Waals surface area contributed by atoms with Gasteiger partial charge in [-0.3, -0.25) is 10.1 Å². The molecule has 0 saturated heterocycles. The first-order valence-corrected chi connectivity index (χ1v) is 10.1. The molecule has 4 rings (SSSR count). The predicted molar refractivity (Wildman–Crippen MR) is 113 cm³/mol. The Morgan fingerprint density at radius 1 is 1.15 bits per heavy atom. The van der Waals surface area contributed by atoms with Crippen molar-refractivity contribution >= 4 is 33.3 Å². The number of anilines is 1. The molecule has 1 amide bonds. The number of carbonyl (C=O) groups is 1. The van der Waals surface area contributed by atoms with E-state index < -0.39 is 17.6 Å². The monoisotopic (exact) mass is 479 g/mol. The number of tetrazole rings is 1. The quantitative estimate of drug-likeness (QED) is 0.407. The Labute approximate surface area is 188 Å². The maximum atomic E-state index is 13.1. The molecule has 13 heteroatoms. The van der Waals surface area contributed by atoms with Crippen molar-refractivity contribution in [1.82, 2.24) is 20.6 Å². The third-order valence-corrected chi connectivity index (χ3v) is 5.70. The van der Waals surface area contributed by atoms with Gasteiger partial charge in [0.15, 0.2) is 17.2 Å². The molecule has 33 heavy (non-hydrogen) atoms. The molecule has 2 heterocycles. The van der Waals surface area contributed by atoms with Crippen LogP contribution in [-0.4, -0.2) is 40.8 Å². The molecule has 0 spiro atoms. The molecule has 0 aliphatic rings. The van der Waals surface area contributed by atoms with Gasteiger partial charge in [-0.25, -0.2) is 0 Å². The molecule has 0 aliphatic heterocycles. The van der Waals surface area contributed by atoms with Crippen LogP contribution in [0.1, 0.15) is 20.8 Å². The summed E-state index contributed by atoms with van der Waals surface area (Å²) < 4.78 is 56.3. The number of methoxy groups -OCH3 is 2. The molecule has 172 valence electrons. The van der Waals surface area contributed by atoms with Crippen LogP contribution in [0.4, 0.5) is 19.1 Å². The maximum Gasteiger partial charge on any atom is 0.416 e. The number of carbonyl (C=O) groups excluding carboxylic acids is 1. The van der Waals surface area contributed by atoms with Gasteiger partial charge < -0.3 is 14.2 Å². The minimum absolute atomic E-state index is 0.0450. The first-order valence-electron chi connectivity index (χ1n) is 9.32. The van der Waals surface area contributed by atoms with E-state index in [4.69, 9.17) is 14.2 Å². The van der Waals surface area contributed by atoms with Gasteiger partial charge in [0.2, 0.25) is 0 Å². The van der Waals surface area contributed by atoms with Gasteiger partial charge in [-0.2, -0.15) is 18.4 Å². The Morgan fingerprint density at radius 2 is 1.91 bits per heavy atom. The molecule has 0 saturated carbocycles. The van der Waals surface area contributed by atoms with E-state index in [1.165, 1.54) is 26.4 Å². The highest BCUT2D eigenvalue weighted by Gasteiger charge is 2.30. The van der Waals surface area contributed by atoms with Gasteiger partial charge in [0.25, 0.3) is 11.9 Å². The fraction of sp³-hybridized carbons (Fsp3) is 0.200. The number of aromatic amines is 1. The van der Waals surface area contributed by atoms with Crippen LogP contribution in [0.3, 0.4) is 0 Å². The van der Waals surface area contributed by atoms with E-state index in [0.717, 1.165) is 23.5 Å². The third-order valence-electron chi connectivity index (χ3n) is 4.56. The fourth-order valence-corrected chi connectivity index (χ4v) is 4.11. The van der Waals surface area contributed by atoms with Crippen molar-refractivity contribution in [3.63, 3.8) is 0 Å². The summed E-state index contributed by atoms with van der Waals surface area (Å²) >= 11 is 1.11. The topological polar surface area (TPSA) is 111 Å². The standard InChI is InChI=1S/C20H16F3N5O4S/c1-30-13-7-12-15(8-14(13)31-2)33-17(18(29)24-19-25-27-28-26-19)16(12)32-9-10-4-3-5-11(6-10)20(21,22)23/h3-8H,9H2,1-2H3,(H2,24,25,26,27,28,29). The van der Waals surface area contributed by atoms with Crippen molar-refractivity contribution < 1.29 is 32.2 Å². The fourth-order valence-electron chi connectivity index (χ4n) is 3.06. The molecule has 0 fully saturated rings. The second-order valence-electron chi connectivity index (χ2n) is 6.64. The summed E-state index contributed by atoms with van der Waals surface area (Å²) in [6.45, 7) is -0.202. The smallest absolute Gasteiger partial charge is 0.416 e. The summed E-state index contributed by atoms with van der Waals surface area (Å²) in [6.07, 6.45) is -4.48. The SMILES string of the molecule is COc1cc2sc(C(=O)Nc3nn[nH]n3)c(OCc3cccc(C(F)(F)F)c3)c2cc1OC. The number of benzene rings is 2. The van der Waals surface area contributed by atoms with E-state index >= 15 is 0 Å². The Kier molecular flexibility index (Phi) is 6.05. The number of nitrogens with zero attached hydrogens (tertiary/aromatic N) is 3. The van der Waals surface area contributed by atoms with Gasteiger partial charge >= 0.3 is 6.18 Å². The van der Waals surface area contributed by atoms with Crippen LogP contribution in [0, 0.1) is 0 Å². The minimum Gasteiger partial charge on any atom is -0.493 e. The highest BCUT2D eigenvalue weighted by Crippen LogP contribution is 2.44. The second kappa shape index (κ2) is 8.94. The number of fused-ring (bicyclic) bond motifs is 1. The van der Waals surface area contributed by atoms with Crippen molar-refractivity contribution in [1.29, 1.82) is 0 Å². The molecule has 2 aromatic heterocycles. The minimum atomic E-state index is -4.48. The van der Waals surface area contributed by atoms with Crippen molar-refractivity contribution in [3.05, 3.63) is 52.4 Å². The predicted octanol–water partition coefficient (Wildman–Crippen LogP) is 4.28. The van der Waals surface area contributed by atoms with E-state index in [1.54, 1.807) is 12.1 Å². The summed E-state index contributed by atoms with van der Waals surface area (Å²) in [5.41, 5.74) is -0.505. The number of nitrogens with one attached hydrogen (secondary N) is 2. The van der Waals surface area contributed by atoms with E-state index in [9.17, 15) is 18.0 Å². The van der Waals surface area contributed by atoms with Crippen LogP contribution >= 0.6 is 11.3 Å². The number of thiophene rings is 1. The first-order chi connectivity index (χ1) is 15.8.